The second-order valence-corrected chi connectivity index (χ2v) is 9.07. The summed E-state index contributed by atoms with van der Waals surface area (Å²) < 4.78 is 36.8. The maximum atomic E-state index is 12.8. The van der Waals surface area contributed by atoms with E-state index >= 15 is 0 Å². The number of nitrogens with zero attached hydrogens (tertiary/aromatic N) is 2. The summed E-state index contributed by atoms with van der Waals surface area (Å²) in [5.41, 5.74) is -0.520. The van der Waals surface area contributed by atoms with Crippen molar-refractivity contribution in [3.8, 4) is 0 Å². The highest BCUT2D eigenvalue weighted by Crippen LogP contribution is 2.30. The van der Waals surface area contributed by atoms with Gasteiger partial charge in [0, 0.05) is 19.2 Å². The van der Waals surface area contributed by atoms with Crippen LogP contribution in [0.1, 0.15) is 20.8 Å². The number of benzene rings is 1. The first-order chi connectivity index (χ1) is 14.0. The highest BCUT2D eigenvalue weighted by molar-refractivity contribution is 7.89. The quantitative estimate of drug-likeness (QED) is 0.338. The van der Waals surface area contributed by atoms with Crippen molar-refractivity contribution in [1.82, 2.24) is 4.31 Å². The Morgan fingerprint density at radius 1 is 1.30 bits per heavy atom. The summed E-state index contributed by atoms with van der Waals surface area (Å²) in [6.07, 6.45) is 0. The maximum absolute atomic E-state index is 12.8. The molecule has 0 aliphatic carbocycles. The van der Waals surface area contributed by atoms with Crippen LogP contribution in [0.4, 0.5) is 11.4 Å². The van der Waals surface area contributed by atoms with Crippen LogP contribution in [-0.2, 0) is 29.1 Å². The summed E-state index contributed by atoms with van der Waals surface area (Å²) in [5, 5.41) is 14.3. The Morgan fingerprint density at radius 2 is 1.93 bits per heavy atom. The molecular formula is C18H25N3O8S. The van der Waals surface area contributed by atoms with Gasteiger partial charge in [-0.25, -0.2) is 13.2 Å². The lowest BCUT2D eigenvalue weighted by Crippen LogP contribution is -2.40. The molecule has 2 rings (SSSR count). The summed E-state index contributed by atoms with van der Waals surface area (Å²) in [7, 11) is -3.92. The average Bonchev–Trinajstić information content (AvgIpc) is 2.70. The molecule has 0 aromatic heterocycles. The van der Waals surface area contributed by atoms with E-state index < -0.39 is 39.3 Å². The zero-order chi connectivity index (χ0) is 22.5. The maximum Gasteiger partial charge on any atom is 0.329 e. The lowest BCUT2D eigenvalue weighted by molar-refractivity contribution is -0.384. The van der Waals surface area contributed by atoms with Gasteiger partial charge in [0.2, 0.25) is 10.0 Å². The molecule has 0 amide bonds. The van der Waals surface area contributed by atoms with Gasteiger partial charge in [0.15, 0.2) is 5.78 Å². The minimum Gasteiger partial charge on any atom is -0.456 e. The Kier molecular flexibility index (Phi) is 7.87. The van der Waals surface area contributed by atoms with Crippen molar-refractivity contribution in [3.05, 3.63) is 28.3 Å². The number of nitro benzene ring substituents is 1. The molecule has 11 nitrogen and oxygen atoms in total. The Morgan fingerprint density at radius 3 is 2.47 bits per heavy atom. The van der Waals surface area contributed by atoms with Crippen LogP contribution in [0.3, 0.4) is 0 Å². The molecule has 1 unspecified atom stereocenters. The summed E-state index contributed by atoms with van der Waals surface area (Å²) in [6.45, 7) is 5.09. The molecule has 1 fully saturated rings. The summed E-state index contributed by atoms with van der Waals surface area (Å²) in [6, 6.07) is 2.49. The third-order valence-corrected chi connectivity index (χ3v) is 6.32. The molecule has 1 aromatic rings. The molecule has 1 saturated heterocycles. The molecule has 0 bridgehead atoms. The highest BCUT2D eigenvalue weighted by atomic mass is 32.2. The summed E-state index contributed by atoms with van der Waals surface area (Å²) >= 11 is 0. The van der Waals surface area contributed by atoms with Crippen molar-refractivity contribution in [2.45, 2.75) is 31.7 Å². The minimum atomic E-state index is -3.92. The van der Waals surface area contributed by atoms with Gasteiger partial charge in [-0.05, 0) is 25.0 Å². The van der Waals surface area contributed by atoms with Crippen LogP contribution in [0.2, 0.25) is 0 Å². The molecule has 0 radical (unpaired) electrons. The second-order valence-electron chi connectivity index (χ2n) is 7.13. The molecule has 0 saturated carbocycles. The molecule has 1 atom stereocenters. The van der Waals surface area contributed by atoms with Gasteiger partial charge < -0.3 is 14.8 Å². The van der Waals surface area contributed by atoms with Crippen molar-refractivity contribution in [3.63, 3.8) is 0 Å². The number of morpholine rings is 1. The van der Waals surface area contributed by atoms with Crippen LogP contribution in [0.15, 0.2) is 23.1 Å². The van der Waals surface area contributed by atoms with E-state index in [4.69, 9.17) is 9.47 Å². The zero-order valence-corrected chi connectivity index (χ0v) is 17.8. The lowest BCUT2D eigenvalue weighted by Gasteiger charge is -2.26. The number of nitrogens with one attached hydrogen (secondary N) is 1. The molecule has 12 heteroatoms. The molecule has 1 aliphatic rings. The highest BCUT2D eigenvalue weighted by Gasteiger charge is 2.31. The number of ether oxygens (including phenoxy) is 2. The second kappa shape index (κ2) is 9.96. The van der Waals surface area contributed by atoms with Gasteiger partial charge in [0.25, 0.3) is 5.69 Å². The van der Waals surface area contributed by atoms with Gasteiger partial charge in [-0.2, -0.15) is 4.31 Å². The van der Waals surface area contributed by atoms with E-state index in [0.717, 1.165) is 6.07 Å². The van der Waals surface area contributed by atoms with Crippen molar-refractivity contribution in [1.29, 1.82) is 0 Å². The molecular weight excluding hydrogens is 418 g/mol. The third kappa shape index (κ3) is 5.74. The Labute approximate surface area is 174 Å². The fourth-order valence-electron chi connectivity index (χ4n) is 2.81. The first kappa shape index (κ1) is 23.7. The Hall–Kier alpha value is -2.57. The number of carbonyl (C=O) groups excluding carboxylic acids is 2. The topological polar surface area (TPSA) is 145 Å². The summed E-state index contributed by atoms with van der Waals surface area (Å²) in [5.74, 6) is -1.39. The third-order valence-electron chi connectivity index (χ3n) is 4.42. The van der Waals surface area contributed by atoms with Crippen LogP contribution in [0, 0.1) is 16.0 Å². The lowest BCUT2D eigenvalue weighted by atomic mass is 10.0. The Balaban J connectivity index is 2.33. The van der Waals surface area contributed by atoms with E-state index in [1.165, 1.54) is 23.4 Å². The molecule has 166 valence electrons. The van der Waals surface area contributed by atoms with Crippen LogP contribution in [0.5, 0.6) is 0 Å². The van der Waals surface area contributed by atoms with Crippen molar-refractivity contribution in [2.75, 3.05) is 38.2 Å². The monoisotopic (exact) mass is 443 g/mol. The number of anilines is 1. The predicted octanol–water partition coefficient (Wildman–Crippen LogP) is 1.18. The van der Waals surface area contributed by atoms with Crippen molar-refractivity contribution >= 4 is 33.2 Å². The van der Waals surface area contributed by atoms with Crippen LogP contribution >= 0.6 is 0 Å². The van der Waals surface area contributed by atoms with Crippen molar-refractivity contribution in [2.24, 2.45) is 5.92 Å². The first-order valence-corrected chi connectivity index (χ1v) is 10.8. The number of carbonyl (C=O) groups is 2. The largest absolute Gasteiger partial charge is 0.456 e. The number of rotatable bonds is 9. The Bertz CT molecular complexity index is 910. The van der Waals surface area contributed by atoms with Crippen LogP contribution in [-0.4, -0.2) is 68.4 Å². The van der Waals surface area contributed by atoms with Crippen LogP contribution in [0.25, 0.3) is 0 Å². The van der Waals surface area contributed by atoms with Gasteiger partial charge in [-0.15, -0.1) is 0 Å². The fraction of sp³-hybridized carbons (Fsp3) is 0.556. The number of nitro groups is 1. The van der Waals surface area contributed by atoms with E-state index in [-0.39, 0.29) is 48.6 Å². The molecule has 1 aliphatic heterocycles. The van der Waals surface area contributed by atoms with E-state index in [1.807, 2.05) is 0 Å². The smallest absolute Gasteiger partial charge is 0.329 e. The van der Waals surface area contributed by atoms with E-state index in [2.05, 4.69) is 5.32 Å². The number of hydrogen-bond acceptors (Lipinski definition) is 9. The van der Waals surface area contributed by atoms with E-state index in [1.54, 1.807) is 13.8 Å². The van der Waals surface area contributed by atoms with E-state index in [9.17, 15) is 28.1 Å². The fourth-order valence-corrected chi connectivity index (χ4v) is 4.24. The SMILES string of the molecule is CC(=O)COC(=O)C(Nc1ccc(S(=O)(=O)N2CCOCC2)cc1[N+](=O)[O-])C(C)C. The number of esters is 1. The van der Waals surface area contributed by atoms with Crippen molar-refractivity contribution < 1.29 is 32.4 Å². The average molecular weight is 443 g/mol. The van der Waals surface area contributed by atoms with Gasteiger partial charge in [-0.1, -0.05) is 13.8 Å². The van der Waals surface area contributed by atoms with E-state index in [0.29, 0.717) is 0 Å². The zero-order valence-electron chi connectivity index (χ0n) is 17.0. The van der Waals surface area contributed by atoms with Gasteiger partial charge >= 0.3 is 5.97 Å². The number of Topliss-reactive ketones (excluding diaryl/α,β-unsaturated/α-hetero) is 1. The number of sulfonamides is 1. The van der Waals surface area contributed by atoms with Gasteiger partial charge in [-0.3, -0.25) is 14.9 Å². The van der Waals surface area contributed by atoms with Crippen LogP contribution < -0.4 is 5.32 Å². The standard InChI is InChI=1S/C18H25N3O8S/c1-12(2)17(18(23)29-11-13(3)22)19-15-5-4-14(10-16(15)21(24)25)30(26,27)20-6-8-28-9-7-20/h4-5,10,12,17,19H,6-9,11H2,1-3H3. The van der Waals surface area contributed by atoms with Gasteiger partial charge in [0.05, 0.1) is 23.0 Å². The molecule has 1 aromatic carbocycles. The molecule has 0 spiro atoms. The molecule has 1 heterocycles. The predicted molar refractivity (Wildman–Crippen MR) is 107 cm³/mol. The normalized spacial score (nSPS) is 16.1. The first-order valence-electron chi connectivity index (χ1n) is 9.33. The van der Waals surface area contributed by atoms with Gasteiger partial charge in [0.1, 0.15) is 18.3 Å². The minimum absolute atomic E-state index is 0.0283. The summed E-state index contributed by atoms with van der Waals surface area (Å²) in [4.78, 5) is 34.0. The molecule has 30 heavy (non-hydrogen) atoms. The number of hydrogen-bond donors (Lipinski definition) is 1. The molecule has 1 N–H and O–H groups in total. The number of ketones is 1.